The monoisotopic (exact) mass is 999 g/mol. The average molecular weight is 999 g/mol. The Hall–Kier alpha value is -3.74. The van der Waals surface area contributed by atoms with Gasteiger partial charge in [0.15, 0.2) is 20.2 Å². The molecule has 3 fully saturated rings. The Morgan fingerprint density at radius 3 is 2.19 bits per heavy atom. The summed E-state index contributed by atoms with van der Waals surface area (Å²) in [6.07, 6.45) is 0.899. The number of esters is 4. The summed E-state index contributed by atoms with van der Waals surface area (Å²) in [6.45, 7) is 23.5. The van der Waals surface area contributed by atoms with Gasteiger partial charge in [-0.1, -0.05) is 103 Å². The lowest BCUT2D eigenvalue weighted by molar-refractivity contribution is -0.358. The van der Waals surface area contributed by atoms with Gasteiger partial charge in [-0.2, -0.15) is 0 Å². The van der Waals surface area contributed by atoms with Gasteiger partial charge < -0.3 is 51.8 Å². The van der Waals surface area contributed by atoms with Crippen molar-refractivity contribution in [1.29, 1.82) is 0 Å². The highest BCUT2D eigenvalue weighted by Gasteiger charge is 2.59. The van der Waals surface area contributed by atoms with Crippen LogP contribution in [0.5, 0.6) is 0 Å². The highest BCUT2D eigenvalue weighted by molar-refractivity contribution is 6.73. The first-order valence-electron chi connectivity index (χ1n) is 25.2. The van der Waals surface area contributed by atoms with Crippen molar-refractivity contribution in [2.24, 2.45) is 10.8 Å². The van der Waals surface area contributed by atoms with Gasteiger partial charge in [0.25, 0.3) is 0 Å². The lowest BCUT2D eigenvalue weighted by atomic mass is 9.70. The lowest BCUT2D eigenvalue weighted by Gasteiger charge is -2.55. The molecular formula is C54H82O15Si. The standard InChI is InChI=1S/C54H82O15Si/c1-14-70(15-2,16-3)69-44-28-43-30-47(63-37(6)55)53(10,11)54(60-13,68-43)32-45-25-35(4)24-41(65-45)22-23-52(8,9)51-50(64-38(7)56)40(27-48(57)59-12)26-42(66-51)29-46(67-49(58)31-44)36(5)62-34-61-33-39-20-18-17-19-21-39/h17-23,27,36,41-47,50-51H,4,14-16,24-26,28-34H2,1-3,5-13H3/b23-22-,40-27+/t36-,41+,42+,43-,44-,45+,46-,47+,50+,51-,54+/m1/s1. The fraction of sp³-hybridized carbons (Fsp3) is 0.704. The third-order valence-electron chi connectivity index (χ3n) is 14.9. The summed E-state index contributed by atoms with van der Waals surface area (Å²) in [7, 11) is 0.532. The number of fused-ring (bicyclic) bond motifs is 6. The van der Waals surface area contributed by atoms with Gasteiger partial charge >= 0.3 is 23.9 Å². The fourth-order valence-corrected chi connectivity index (χ4v) is 13.5. The molecule has 0 unspecified atom stereocenters. The van der Waals surface area contributed by atoms with Crippen LogP contribution in [0.25, 0.3) is 0 Å². The maximum Gasteiger partial charge on any atom is 0.330 e. The first-order valence-corrected chi connectivity index (χ1v) is 27.8. The van der Waals surface area contributed by atoms with Gasteiger partial charge in [0.05, 0.1) is 62.2 Å². The Labute approximate surface area is 417 Å². The molecule has 4 heterocycles. The summed E-state index contributed by atoms with van der Waals surface area (Å²) in [4.78, 5) is 53.3. The third-order valence-corrected chi connectivity index (χ3v) is 19.6. The molecule has 11 atom stereocenters. The maximum atomic E-state index is 14.7. The van der Waals surface area contributed by atoms with E-state index in [1.54, 1.807) is 7.11 Å². The molecule has 6 bridgehead atoms. The third kappa shape index (κ3) is 14.9. The van der Waals surface area contributed by atoms with E-state index in [2.05, 4.69) is 27.4 Å². The number of carbonyl (C=O) groups excluding carboxylic acids is 4. The molecule has 0 aliphatic carbocycles. The van der Waals surface area contributed by atoms with E-state index >= 15 is 0 Å². The number of benzene rings is 1. The molecule has 0 saturated carbocycles. The zero-order chi connectivity index (χ0) is 51.4. The van der Waals surface area contributed by atoms with Crippen LogP contribution in [0.2, 0.25) is 18.1 Å². The van der Waals surface area contributed by atoms with E-state index in [0.29, 0.717) is 31.4 Å². The molecule has 392 valence electrons. The van der Waals surface area contributed by atoms with Crippen LogP contribution in [0.15, 0.2) is 66.3 Å². The minimum Gasteiger partial charge on any atom is -0.466 e. The van der Waals surface area contributed by atoms with E-state index in [9.17, 15) is 19.2 Å². The molecule has 16 heteroatoms. The van der Waals surface area contributed by atoms with Gasteiger partial charge in [-0.25, -0.2) is 4.79 Å². The van der Waals surface area contributed by atoms with Crippen LogP contribution in [0.4, 0.5) is 0 Å². The normalized spacial score (nSPS) is 32.2. The number of methoxy groups -OCH3 is 2. The summed E-state index contributed by atoms with van der Waals surface area (Å²) < 4.78 is 70.6. The molecule has 0 radical (unpaired) electrons. The van der Waals surface area contributed by atoms with Crippen molar-refractivity contribution in [3.05, 3.63) is 71.8 Å². The smallest absolute Gasteiger partial charge is 0.330 e. The van der Waals surface area contributed by atoms with Gasteiger partial charge in [0.1, 0.15) is 25.1 Å². The van der Waals surface area contributed by atoms with Crippen LogP contribution in [0, 0.1) is 10.8 Å². The summed E-state index contributed by atoms with van der Waals surface area (Å²) >= 11 is 0. The van der Waals surface area contributed by atoms with Gasteiger partial charge in [0.2, 0.25) is 0 Å². The number of rotatable bonds is 15. The van der Waals surface area contributed by atoms with Gasteiger partial charge in [-0.15, -0.1) is 0 Å². The second kappa shape index (κ2) is 25.3. The van der Waals surface area contributed by atoms with E-state index in [1.165, 1.54) is 27.0 Å². The zero-order valence-corrected chi connectivity index (χ0v) is 44.9. The number of ether oxygens (including phenoxy) is 10. The topological polar surface area (TPSA) is 170 Å². The van der Waals surface area contributed by atoms with Crippen molar-refractivity contribution in [1.82, 2.24) is 0 Å². The number of hydrogen-bond donors (Lipinski definition) is 0. The summed E-state index contributed by atoms with van der Waals surface area (Å²) in [5, 5.41) is 0. The highest BCUT2D eigenvalue weighted by Crippen LogP contribution is 2.51. The molecule has 4 aliphatic rings. The van der Waals surface area contributed by atoms with Gasteiger partial charge in [-0.3, -0.25) is 14.4 Å². The Morgan fingerprint density at radius 1 is 0.871 bits per heavy atom. The van der Waals surface area contributed by atoms with E-state index in [4.69, 9.17) is 51.8 Å². The zero-order valence-electron chi connectivity index (χ0n) is 43.9. The number of cyclic esters (lactones) is 1. The average Bonchev–Trinajstić information content (AvgIpc) is 3.30. The van der Waals surface area contributed by atoms with Crippen LogP contribution in [-0.2, 0) is 77.6 Å². The molecular weight excluding hydrogens is 917 g/mol. The first kappa shape index (κ1) is 57.2. The quantitative estimate of drug-likeness (QED) is 0.0310. The molecule has 4 aliphatic heterocycles. The van der Waals surface area contributed by atoms with Crippen LogP contribution in [0.1, 0.15) is 126 Å². The molecule has 0 spiro atoms. The van der Waals surface area contributed by atoms with Crippen molar-refractivity contribution >= 4 is 32.2 Å². The molecule has 1 aromatic rings. The van der Waals surface area contributed by atoms with Gasteiger partial charge in [-0.05, 0) is 61.9 Å². The molecule has 1 aromatic carbocycles. The van der Waals surface area contributed by atoms with Crippen molar-refractivity contribution in [2.45, 2.75) is 212 Å². The Bertz CT molecular complexity index is 1970. The number of carbonyl (C=O) groups is 4. The Morgan fingerprint density at radius 2 is 1.56 bits per heavy atom. The summed E-state index contributed by atoms with van der Waals surface area (Å²) in [5.74, 6) is -3.41. The van der Waals surface area contributed by atoms with E-state index in [0.717, 1.165) is 29.3 Å². The second-order valence-electron chi connectivity index (χ2n) is 20.8. The molecule has 3 saturated heterocycles. The number of hydrogen-bond acceptors (Lipinski definition) is 15. The minimum absolute atomic E-state index is 0.0852. The van der Waals surface area contributed by atoms with E-state index in [-0.39, 0.29) is 38.9 Å². The van der Waals surface area contributed by atoms with Gasteiger partial charge in [0, 0.05) is 51.7 Å². The molecule has 5 rings (SSSR count). The van der Waals surface area contributed by atoms with Crippen LogP contribution in [0.3, 0.4) is 0 Å². The summed E-state index contributed by atoms with van der Waals surface area (Å²) in [6, 6.07) is 12.2. The Balaban J connectivity index is 1.63. The maximum absolute atomic E-state index is 14.7. The van der Waals surface area contributed by atoms with Crippen LogP contribution >= 0.6 is 0 Å². The van der Waals surface area contributed by atoms with Crippen molar-refractivity contribution < 1.29 is 71.0 Å². The molecule has 0 N–H and O–H groups in total. The second-order valence-corrected chi connectivity index (χ2v) is 25.5. The first-order chi connectivity index (χ1) is 33.1. The molecule has 70 heavy (non-hydrogen) atoms. The molecule has 15 nitrogen and oxygen atoms in total. The predicted octanol–water partition coefficient (Wildman–Crippen LogP) is 9.41. The SMILES string of the molecule is C=C1C[C@H]2C[C@]3(OC)O[C@H](C[C@@H](O[Si](CC)(CC)CC)CC(=O)O[C@@H]([C@@H](C)OCOCc4ccccc4)C[C@@H]4C/C(=C\C(=O)OC)[C@H](OC(C)=O)[C@@H](O4)C(C)(C)/C=C\[C@@H](C1)O2)C[C@H](OC(C)=O)C3(C)C. The van der Waals surface area contributed by atoms with Crippen molar-refractivity contribution in [3.8, 4) is 0 Å². The Kier molecular flexibility index (Phi) is 20.6. The van der Waals surface area contributed by atoms with Crippen LogP contribution < -0.4 is 0 Å². The van der Waals surface area contributed by atoms with E-state index in [1.807, 2.05) is 77.1 Å². The van der Waals surface area contributed by atoms with Crippen LogP contribution in [-0.4, -0.2) is 120 Å². The largest absolute Gasteiger partial charge is 0.466 e. The minimum atomic E-state index is -2.36. The lowest BCUT2D eigenvalue weighted by Crippen LogP contribution is -2.63. The van der Waals surface area contributed by atoms with E-state index < -0.39 is 110 Å². The highest BCUT2D eigenvalue weighted by atomic mass is 28.4. The molecule has 0 aromatic heterocycles. The fourth-order valence-electron chi connectivity index (χ4n) is 10.6. The molecule has 0 amide bonds. The van der Waals surface area contributed by atoms with Crippen molar-refractivity contribution in [3.63, 3.8) is 0 Å². The van der Waals surface area contributed by atoms with Crippen molar-refractivity contribution in [2.75, 3.05) is 21.0 Å². The summed E-state index contributed by atoms with van der Waals surface area (Å²) in [5.41, 5.74) is 0.747. The predicted molar refractivity (Wildman–Crippen MR) is 265 cm³/mol.